The summed E-state index contributed by atoms with van der Waals surface area (Å²) in [4.78, 5) is 26.9. The minimum atomic E-state index is -0.979. The summed E-state index contributed by atoms with van der Waals surface area (Å²) in [6, 6.07) is 11.4. The highest BCUT2D eigenvalue weighted by molar-refractivity contribution is 5.92. The molecule has 0 saturated carbocycles. The van der Waals surface area contributed by atoms with E-state index in [1.807, 2.05) is 93.5 Å². The van der Waals surface area contributed by atoms with Gasteiger partial charge in [-0.1, -0.05) is 107 Å². The topological polar surface area (TPSA) is 83.8 Å². The first kappa shape index (κ1) is 33.2. The molecular formula is C37H50O5. The van der Waals surface area contributed by atoms with Gasteiger partial charge in [-0.25, -0.2) is 9.59 Å². The lowest BCUT2D eigenvalue weighted by atomic mass is 9.54. The summed E-state index contributed by atoms with van der Waals surface area (Å²) in [5.41, 5.74) is 1.73. The largest absolute Gasteiger partial charge is 0.507 e. The van der Waals surface area contributed by atoms with Gasteiger partial charge in [0.2, 0.25) is 0 Å². The summed E-state index contributed by atoms with van der Waals surface area (Å²) in [6.07, 6.45) is 1.88. The standard InChI is InChI=1S/C37H50O5/c1-22-16-14-15-17-25(22)37(36(11,12)13)21-24(31(39)40)20-28(35(8,9)10)30(37)42-32(41)23-18-26(33(2,3)4)29(38)27(19-23)34(5,6)7/h14-20,38H,21H2,1-13H3,(H,39,40). The van der Waals surface area contributed by atoms with Gasteiger partial charge < -0.3 is 14.9 Å². The van der Waals surface area contributed by atoms with Crippen molar-refractivity contribution in [2.24, 2.45) is 10.8 Å². The molecule has 3 rings (SSSR count). The van der Waals surface area contributed by atoms with Crippen molar-refractivity contribution < 1.29 is 24.5 Å². The van der Waals surface area contributed by atoms with Crippen LogP contribution in [-0.4, -0.2) is 22.2 Å². The van der Waals surface area contributed by atoms with Crippen molar-refractivity contribution >= 4 is 11.9 Å². The second-order valence-corrected chi connectivity index (χ2v) is 15.9. The Balaban J connectivity index is 2.44. The predicted octanol–water partition coefficient (Wildman–Crippen LogP) is 9.15. The molecule has 1 unspecified atom stereocenters. The lowest BCUT2D eigenvalue weighted by Crippen LogP contribution is -2.47. The molecule has 1 aliphatic rings. The Morgan fingerprint density at radius 1 is 0.810 bits per heavy atom. The van der Waals surface area contributed by atoms with Crippen LogP contribution in [0.15, 0.2) is 59.4 Å². The zero-order valence-electron chi connectivity index (χ0n) is 27.9. The van der Waals surface area contributed by atoms with Crippen molar-refractivity contribution in [1.29, 1.82) is 0 Å². The van der Waals surface area contributed by atoms with Crippen molar-refractivity contribution in [2.75, 3.05) is 0 Å². The lowest BCUT2D eigenvalue weighted by Gasteiger charge is -2.50. The zero-order valence-corrected chi connectivity index (χ0v) is 27.9. The zero-order chi connectivity index (χ0) is 32.2. The van der Waals surface area contributed by atoms with Crippen LogP contribution in [0, 0.1) is 17.8 Å². The monoisotopic (exact) mass is 574 g/mol. The number of carbonyl (C=O) groups excluding carboxylic acids is 1. The Morgan fingerprint density at radius 3 is 1.71 bits per heavy atom. The lowest BCUT2D eigenvalue weighted by molar-refractivity contribution is -0.133. The minimum Gasteiger partial charge on any atom is -0.507 e. The molecule has 2 aromatic rings. The molecule has 0 heterocycles. The molecule has 1 aliphatic carbocycles. The highest BCUT2D eigenvalue weighted by atomic mass is 16.5. The van der Waals surface area contributed by atoms with Gasteiger partial charge in [0.05, 0.1) is 11.0 Å². The molecule has 0 bridgehead atoms. The molecule has 1 atom stereocenters. The summed E-state index contributed by atoms with van der Waals surface area (Å²) >= 11 is 0. The number of phenols is 1. The molecule has 5 heteroatoms. The summed E-state index contributed by atoms with van der Waals surface area (Å²) in [5, 5.41) is 21.6. The van der Waals surface area contributed by atoms with Crippen LogP contribution < -0.4 is 0 Å². The number of aliphatic carboxylic acids is 1. The predicted molar refractivity (Wildman–Crippen MR) is 170 cm³/mol. The quantitative estimate of drug-likeness (QED) is 0.356. The first-order valence-corrected chi connectivity index (χ1v) is 14.8. The fourth-order valence-corrected chi connectivity index (χ4v) is 6.05. The van der Waals surface area contributed by atoms with E-state index in [0.717, 1.165) is 11.1 Å². The molecule has 2 N–H and O–H groups in total. The Morgan fingerprint density at radius 2 is 1.31 bits per heavy atom. The summed E-state index contributed by atoms with van der Waals surface area (Å²) in [5.74, 6) is -0.837. The van der Waals surface area contributed by atoms with Crippen molar-refractivity contribution in [2.45, 2.75) is 113 Å². The third-order valence-corrected chi connectivity index (χ3v) is 8.53. The fraction of sp³-hybridized carbons (Fsp3) is 0.514. The van der Waals surface area contributed by atoms with Gasteiger partial charge in [0.25, 0.3) is 0 Å². The molecule has 228 valence electrons. The van der Waals surface area contributed by atoms with Gasteiger partial charge in [0.1, 0.15) is 11.5 Å². The number of ether oxygens (including phenoxy) is 1. The maximum absolute atomic E-state index is 14.3. The van der Waals surface area contributed by atoms with Crippen LogP contribution in [0.1, 0.15) is 122 Å². The molecule has 5 nitrogen and oxygen atoms in total. The van der Waals surface area contributed by atoms with Crippen molar-refractivity contribution in [3.05, 3.63) is 87.2 Å². The van der Waals surface area contributed by atoms with E-state index in [1.165, 1.54) is 0 Å². The van der Waals surface area contributed by atoms with Crippen molar-refractivity contribution in [3.8, 4) is 5.75 Å². The van der Waals surface area contributed by atoms with Gasteiger partial charge in [-0.15, -0.1) is 0 Å². The molecule has 0 fully saturated rings. The number of phenolic OH excluding ortho intramolecular Hbond substituents is 1. The average molecular weight is 575 g/mol. The van der Waals surface area contributed by atoms with Crippen molar-refractivity contribution in [1.82, 2.24) is 0 Å². The molecule has 42 heavy (non-hydrogen) atoms. The fourth-order valence-electron chi connectivity index (χ4n) is 6.05. The molecule has 0 aromatic heterocycles. The van der Waals surface area contributed by atoms with Crippen LogP contribution in [0.3, 0.4) is 0 Å². The SMILES string of the molecule is Cc1ccccc1C1(C(C)(C)C)CC(C(=O)O)=CC(C(C)(C)C)=C1OC(=O)c1cc(C(C)(C)C)c(O)c(C(C)(C)C)c1. The van der Waals surface area contributed by atoms with Gasteiger partial charge in [0.15, 0.2) is 0 Å². The number of benzene rings is 2. The minimum absolute atomic E-state index is 0.176. The van der Waals surface area contributed by atoms with E-state index < -0.39 is 39.0 Å². The molecular weight excluding hydrogens is 524 g/mol. The van der Waals surface area contributed by atoms with E-state index in [2.05, 4.69) is 20.8 Å². The number of rotatable bonds is 4. The Labute approximate surface area is 252 Å². The summed E-state index contributed by atoms with van der Waals surface area (Å²) in [6.45, 7) is 26.3. The molecule has 0 spiro atoms. The summed E-state index contributed by atoms with van der Waals surface area (Å²) < 4.78 is 6.59. The summed E-state index contributed by atoms with van der Waals surface area (Å²) in [7, 11) is 0. The molecule has 0 saturated heterocycles. The number of allylic oxidation sites excluding steroid dienone is 3. The normalized spacial score (nSPS) is 18.5. The molecule has 0 amide bonds. The van der Waals surface area contributed by atoms with Crippen LogP contribution >= 0.6 is 0 Å². The number of hydrogen-bond acceptors (Lipinski definition) is 4. The number of carboxylic acids is 1. The van der Waals surface area contributed by atoms with Gasteiger partial charge in [-0.3, -0.25) is 0 Å². The van der Waals surface area contributed by atoms with Crippen LogP contribution in [0.5, 0.6) is 5.75 Å². The number of hydrogen-bond donors (Lipinski definition) is 2. The van der Waals surface area contributed by atoms with Crippen molar-refractivity contribution in [3.63, 3.8) is 0 Å². The third kappa shape index (κ3) is 6.07. The van der Waals surface area contributed by atoms with Gasteiger partial charge in [0, 0.05) is 16.7 Å². The van der Waals surface area contributed by atoms with E-state index in [-0.39, 0.29) is 17.7 Å². The molecule has 0 radical (unpaired) electrons. The number of aryl methyl sites for hydroxylation is 1. The van der Waals surface area contributed by atoms with E-state index in [9.17, 15) is 19.8 Å². The number of aromatic hydroxyl groups is 1. The van der Waals surface area contributed by atoms with Gasteiger partial charge in [-0.2, -0.15) is 0 Å². The Bertz CT molecular complexity index is 1420. The van der Waals surface area contributed by atoms with Crippen LogP contribution in [0.2, 0.25) is 0 Å². The third-order valence-electron chi connectivity index (χ3n) is 8.53. The van der Waals surface area contributed by atoms with Gasteiger partial charge >= 0.3 is 11.9 Å². The highest BCUT2D eigenvalue weighted by Crippen LogP contribution is 2.57. The maximum Gasteiger partial charge on any atom is 0.343 e. The van der Waals surface area contributed by atoms with E-state index in [4.69, 9.17) is 4.74 Å². The van der Waals surface area contributed by atoms with Gasteiger partial charge in [-0.05, 0) is 69.9 Å². The second-order valence-electron chi connectivity index (χ2n) is 15.9. The van der Waals surface area contributed by atoms with E-state index >= 15 is 0 Å². The average Bonchev–Trinajstić information content (AvgIpc) is 2.81. The maximum atomic E-state index is 14.3. The number of esters is 1. The first-order chi connectivity index (χ1) is 18.9. The molecule has 0 aliphatic heterocycles. The Kier molecular flexibility index (Phi) is 8.48. The van der Waals surface area contributed by atoms with Crippen LogP contribution in [0.25, 0.3) is 0 Å². The van der Waals surface area contributed by atoms with Crippen LogP contribution in [-0.2, 0) is 25.8 Å². The second kappa shape index (κ2) is 10.7. The number of carboxylic acid groups (broad SMARTS) is 1. The first-order valence-electron chi connectivity index (χ1n) is 14.8. The van der Waals surface area contributed by atoms with E-state index in [1.54, 1.807) is 18.2 Å². The molecule has 2 aromatic carbocycles. The number of carbonyl (C=O) groups is 2. The smallest absolute Gasteiger partial charge is 0.343 e. The van der Waals surface area contributed by atoms with E-state index in [0.29, 0.717) is 28.0 Å². The van der Waals surface area contributed by atoms with Crippen LogP contribution in [0.4, 0.5) is 0 Å². The Hall–Kier alpha value is -3.34. The highest BCUT2D eigenvalue weighted by Gasteiger charge is 2.54.